The molecule has 1 aliphatic rings. The third-order valence-corrected chi connectivity index (χ3v) is 8.97. The number of benzene rings is 4. The van der Waals surface area contributed by atoms with Crippen LogP contribution in [0.4, 0.5) is 5.69 Å². The van der Waals surface area contributed by atoms with Crippen molar-refractivity contribution in [1.29, 1.82) is 0 Å². The zero-order chi connectivity index (χ0) is 26.5. The summed E-state index contributed by atoms with van der Waals surface area (Å²) in [6.07, 6.45) is 0. The number of halogens is 1. The maximum Gasteiger partial charge on any atom is 0.255 e. The molecule has 4 aromatic carbocycles. The quantitative estimate of drug-likeness (QED) is 0.223. The molecule has 1 N–H and O–H groups in total. The number of rotatable bonds is 8. The number of carbonyl (C=O) groups is 2. The number of thioether (sulfide) groups is 2. The lowest BCUT2D eigenvalue weighted by atomic mass is 10.1. The largest absolute Gasteiger partial charge is 0.322 e. The van der Waals surface area contributed by atoms with Crippen LogP contribution in [0.25, 0.3) is 0 Å². The van der Waals surface area contributed by atoms with Crippen molar-refractivity contribution in [2.24, 2.45) is 0 Å². The van der Waals surface area contributed by atoms with E-state index in [9.17, 15) is 9.59 Å². The van der Waals surface area contributed by atoms with E-state index in [-0.39, 0.29) is 17.2 Å². The normalized spacial score (nSPS) is 15.1. The Morgan fingerprint density at radius 3 is 2.39 bits per heavy atom. The van der Waals surface area contributed by atoms with E-state index < -0.39 is 0 Å². The molecule has 0 bridgehead atoms. The number of nitrogens with zero attached hydrogens (tertiary/aromatic N) is 1. The Balaban J connectivity index is 1.21. The molecular formula is C31H27ClN2O2S2. The first-order valence-electron chi connectivity index (χ1n) is 12.3. The van der Waals surface area contributed by atoms with Crippen LogP contribution in [0.1, 0.15) is 38.0 Å². The van der Waals surface area contributed by atoms with Gasteiger partial charge in [0, 0.05) is 33.5 Å². The lowest BCUT2D eigenvalue weighted by Gasteiger charge is -2.24. The van der Waals surface area contributed by atoms with E-state index >= 15 is 0 Å². The monoisotopic (exact) mass is 558 g/mol. The Morgan fingerprint density at radius 1 is 0.974 bits per heavy atom. The van der Waals surface area contributed by atoms with Crippen LogP contribution in [0, 0.1) is 6.92 Å². The minimum Gasteiger partial charge on any atom is -0.322 e. The Bertz CT molecular complexity index is 1430. The fourth-order valence-corrected chi connectivity index (χ4v) is 6.50. The van der Waals surface area contributed by atoms with Crippen LogP contribution in [0.5, 0.6) is 0 Å². The average molecular weight is 559 g/mol. The van der Waals surface area contributed by atoms with E-state index in [0.29, 0.717) is 22.9 Å². The zero-order valence-corrected chi connectivity index (χ0v) is 23.3. The molecule has 4 aromatic rings. The van der Waals surface area contributed by atoms with Gasteiger partial charge < -0.3 is 10.2 Å². The van der Waals surface area contributed by atoms with Crippen molar-refractivity contribution in [2.75, 3.05) is 11.1 Å². The molecule has 1 aliphatic heterocycles. The second kappa shape index (κ2) is 12.1. The second-order valence-electron chi connectivity index (χ2n) is 9.14. The summed E-state index contributed by atoms with van der Waals surface area (Å²) in [4.78, 5) is 28.7. The minimum absolute atomic E-state index is 0.0844. The topological polar surface area (TPSA) is 49.4 Å². The number of nitrogens with one attached hydrogen (secondary N) is 1. The number of carbonyl (C=O) groups excluding carboxylic acids is 2. The lowest BCUT2D eigenvalue weighted by molar-refractivity contribution is -0.128. The standard InChI is InChI=1S/C31H27ClN2O2S2/c1-21-17-23(19-37-27-5-3-2-4-6-27)9-16-28(21)33-30(36)24-10-12-25(13-11-24)31-34(29(35)20-38-31)18-22-7-14-26(32)15-8-22/h2-17,31H,18-20H2,1H3,(H,33,36)/t31-/m1/s1. The van der Waals surface area contributed by atoms with Crippen LogP contribution in [-0.4, -0.2) is 22.5 Å². The molecule has 5 rings (SSSR count). The highest BCUT2D eigenvalue weighted by Crippen LogP contribution is 2.39. The molecule has 1 saturated heterocycles. The van der Waals surface area contributed by atoms with E-state index in [0.717, 1.165) is 28.1 Å². The second-order valence-corrected chi connectivity index (χ2v) is 11.7. The molecule has 0 unspecified atom stereocenters. The average Bonchev–Trinajstić information content (AvgIpc) is 3.30. The molecule has 0 aromatic heterocycles. The summed E-state index contributed by atoms with van der Waals surface area (Å²) in [5, 5.41) is 3.63. The highest BCUT2D eigenvalue weighted by Gasteiger charge is 2.32. The number of hydrogen-bond donors (Lipinski definition) is 1. The van der Waals surface area contributed by atoms with Gasteiger partial charge in [-0.3, -0.25) is 9.59 Å². The van der Waals surface area contributed by atoms with Crippen molar-refractivity contribution in [2.45, 2.75) is 29.5 Å². The summed E-state index contributed by atoms with van der Waals surface area (Å²) in [7, 11) is 0. The predicted molar refractivity (Wildman–Crippen MR) is 159 cm³/mol. The highest BCUT2D eigenvalue weighted by molar-refractivity contribution is 8.00. The van der Waals surface area contributed by atoms with Gasteiger partial charge in [-0.2, -0.15) is 0 Å². The molecule has 192 valence electrons. The third-order valence-electron chi connectivity index (χ3n) is 6.38. The van der Waals surface area contributed by atoms with Gasteiger partial charge >= 0.3 is 0 Å². The summed E-state index contributed by atoms with van der Waals surface area (Å²) in [6, 6.07) is 31.6. The summed E-state index contributed by atoms with van der Waals surface area (Å²) in [5.74, 6) is 1.27. The van der Waals surface area contributed by atoms with Gasteiger partial charge in [0.15, 0.2) is 0 Å². The Kier molecular flexibility index (Phi) is 8.42. The van der Waals surface area contributed by atoms with E-state index in [1.165, 1.54) is 10.5 Å². The van der Waals surface area contributed by atoms with Gasteiger partial charge in [-0.15, -0.1) is 23.5 Å². The van der Waals surface area contributed by atoms with Gasteiger partial charge in [0.1, 0.15) is 5.37 Å². The van der Waals surface area contributed by atoms with Gasteiger partial charge in [-0.05, 0) is 71.6 Å². The summed E-state index contributed by atoms with van der Waals surface area (Å²) in [5.41, 5.74) is 5.66. The van der Waals surface area contributed by atoms with Gasteiger partial charge in [0.2, 0.25) is 5.91 Å². The van der Waals surface area contributed by atoms with Gasteiger partial charge in [-0.1, -0.05) is 66.2 Å². The van der Waals surface area contributed by atoms with Gasteiger partial charge in [0.05, 0.1) is 5.75 Å². The predicted octanol–water partition coefficient (Wildman–Crippen LogP) is 7.97. The molecule has 1 fully saturated rings. The molecule has 0 saturated carbocycles. The maximum atomic E-state index is 13.0. The molecule has 2 amide bonds. The Labute approximate surface area is 236 Å². The molecule has 0 spiro atoms. The molecular weight excluding hydrogens is 532 g/mol. The van der Waals surface area contributed by atoms with Crippen molar-refractivity contribution >= 4 is 52.6 Å². The lowest BCUT2D eigenvalue weighted by Crippen LogP contribution is -2.27. The van der Waals surface area contributed by atoms with Crippen LogP contribution in [0.2, 0.25) is 5.02 Å². The van der Waals surface area contributed by atoms with Crippen LogP contribution in [-0.2, 0) is 17.1 Å². The summed E-state index contributed by atoms with van der Waals surface area (Å²) < 4.78 is 0. The van der Waals surface area contributed by atoms with Crippen LogP contribution >= 0.6 is 35.1 Å². The van der Waals surface area contributed by atoms with Crippen LogP contribution in [0.15, 0.2) is 102 Å². The first kappa shape index (κ1) is 26.4. The smallest absolute Gasteiger partial charge is 0.255 e. The zero-order valence-electron chi connectivity index (χ0n) is 20.9. The first-order valence-corrected chi connectivity index (χ1v) is 14.7. The van der Waals surface area contributed by atoms with Crippen LogP contribution < -0.4 is 5.32 Å². The van der Waals surface area contributed by atoms with E-state index in [4.69, 9.17) is 11.6 Å². The van der Waals surface area contributed by atoms with E-state index in [1.807, 2.05) is 84.6 Å². The van der Waals surface area contributed by atoms with Crippen LogP contribution in [0.3, 0.4) is 0 Å². The SMILES string of the molecule is Cc1cc(CSc2ccccc2)ccc1NC(=O)c1ccc([C@H]2SCC(=O)N2Cc2ccc(Cl)cc2)cc1. The third kappa shape index (κ3) is 6.44. The fraction of sp³-hybridized carbons (Fsp3) is 0.161. The van der Waals surface area contributed by atoms with Crippen molar-refractivity contribution in [3.05, 3.63) is 130 Å². The molecule has 1 atom stereocenters. The number of hydrogen-bond acceptors (Lipinski definition) is 4. The minimum atomic E-state index is -0.153. The molecule has 38 heavy (non-hydrogen) atoms. The molecule has 0 radical (unpaired) electrons. The number of amides is 2. The maximum absolute atomic E-state index is 13.0. The number of anilines is 1. The molecule has 4 nitrogen and oxygen atoms in total. The molecule has 7 heteroatoms. The van der Waals surface area contributed by atoms with Crippen molar-refractivity contribution in [1.82, 2.24) is 4.90 Å². The molecule has 1 heterocycles. The van der Waals surface area contributed by atoms with Crippen molar-refractivity contribution in [3.63, 3.8) is 0 Å². The fourth-order valence-electron chi connectivity index (χ4n) is 4.32. The van der Waals surface area contributed by atoms with E-state index in [2.05, 4.69) is 29.6 Å². The first-order chi connectivity index (χ1) is 18.5. The summed E-state index contributed by atoms with van der Waals surface area (Å²) >= 11 is 9.40. The Morgan fingerprint density at radius 2 is 1.68 bits per heavy atom. The summed E-state index contributed by atoms with van der Waals surface area (Å²) in [6.45, 7) is 2.54. The van der Waals surface area contributed by atoms with Crippen molar-refractivity contribution in [3.8, 4) is 0 Å². The van der Waals surface area contributed by atoms with Gasteiger partial charge in [-0.25, -0.2) is 0 Å². The van der Waals surface area contributed by atoms with Gasteiger partial charge in [0.25, 0.3) is 5.91 Å². The highest BCUT2D eigenvalue weighted by atomic mass is 35.5. The molecule has 0 aliphatic carbocycles. The Hall–Kier alpha value is -3.19. The number of aryl methyl sites for hydroxylation is 1. The van der Waals surface area contributed by atoms with Crippen molar-refractivity contribution < 1.29 is 9.59 Å². The van der Waals surface area contributed by atoms with E-state index in [1.54, 1.807) is 23.5 Å².